The monoisotopic (exact) mass is 730 g/mol. The van der Waals surface area contributed by atoms with Gasteiger partial charge in [-0.1, -0.05) is 62.4 Å². The Bertz CT molecular complexity index is 2970. The van der Waals surface area contributed by atoms with Crippen molar-refractivity contribution in [1.29, 1.82) is 0 Å². The van der Waals surface area contributed by atoms with Crippen molar-refractivity contribution in [3.8, 4) is 9.75 Å². The molecule has 3 aliphatic carbocycles. The minimum absolute atomic E-state index is 0.213. The SMILES string of the molecule is CC1(C)c2cc(C=C3C(=O)c4cc5ccccc5cc4C3=O)sc2-c2sc3c(sc4cc(C=C5C(=O)c6cc7ccccc7cc6C5=O)sc43)c21. The summed E-state index contributed by atoms with van der Waals surface area (Å²) >= 11 is 6.82. The Labute approximate surface area is 306 Å². The van der Waals surface area contributed by atoms with Crippen molar-refractivity contribution in [1.82, 2.24) is 0 Å². The van der Waals surface area contributed by atoms with Crippen molar-refractivity contribution in [2.45, 2.75) is 19.3 Å². The topological polar surface area (TPSA) is 68.3 Å². The maximum atomic E-state index is 13.5. The molecule has 8 aromatic rings. The maximum Gasteiger partial charge on any atom is 0.197 e. The van der Waals surface area contributed by atoms with Crippen molar-refractivity contribution < 1.29 is 19.2 Å². The fourth-order valence-electron chi connectivity index (χ4n) is 8.01. The molecule has 51 heavy (non-hydrogen) atoms. The number of Topliss-reactive ketones (excluding diaryl/α,β-unsaturated/α-hetero) is 4. The second-order valence-electron chi connectivity index (χ2n) is 13.8. The molecular weight excluding hydrogens is 709 g/mol. The van der Waals surface area contributed by atoms with Crippen molar-refractivity contribution >= 4 is 121 Å². The number of hydrogen-bond donors (Lipinski definition) is 0. The number of allylic oxidation sites excluding steroid dienone is 2. The third-order valence-corrected chi connectivity index (χ3v) is 15.7. The van der Waals surface area contributed by atoms with E-state index in [2.05, 4.69) is 26.0 Å². The standard InChI is InChI=1S/C43H22O4S4/c1-43(2)31-17-23(15-29-34(44)25-11-19-7-3-4-8-20(19)12-26(25)35(29)45)48-38(31)40-33(43)41-42(51-40)39-32(50-41)18-24(49-39)16-30-36(46)27-13-21-9-5-6-10-22(21)14-28(27)37(30)47/h3-18H,1-2H3. The molecule has 11 rings (SSSR count). The van der Waals surface area contributed by atoms with Gasteiger partial charge < -0.3 is 0 Å². The summed E-state index contributed by atoms with van der Waals surface area (Å²) in [4.78, 5) is 58.1. The van der Waals surface area contributed by atoms with Crippen LogP contribution in [-0.2, 0) is 5.41 Å². The van der Waals surface area contributed by atoms with Crippen LogP contribution in [0.1, 0.15) is 76.2 Å². The first kappa shape index (κ1) is 29.6. The molecule has 4 nitrogen and oxygen atoms in total. The highest BCUT2D eigenvalue weighted by Crippen LogP contribution is 2.61. The van der Waals surface area contributed by atoms with Crippen LogP contribution in [0.3, 0.4) is 0 Å². The molecule has 0 radical (unpaired) electrons. The Morgan fingerprint density at radius 3 is 1.45 bits per heavy atom. The van der Waals surface area contributed by atoms with Gasteiger partial charge in [0, 0.05) is 47.0 Å². The van der Waals surface area contributed by atoms with Crippen LogP contribution in [0.15, 0.2) is 96.1 Å². The van der Waals surface area contributed by atoms with E-state index in [1.165, 1.54) is 35.0 Å². The van der Waals surface area contributed by atoms with E-state index < -0.39 is 0 Å². The van der Waals surface area contributed by atoms with E-state index in [-0.39, 0.29) is 39.7 Å². The average molecular weight is 731 g/mol. The van der Waals surface area contributed by atoms with E-state index in [0.29, 0.717) is 22.3 Å². The highest BCUT2D eigenvalue weighted by Gasteiger charge is 2.42. The Morgan fingerprint density at radius 1 is 0.490 bits per heavy atom. The quantitative estimate of drug-likeness (QED) is 0.131. The van der Waals surface area contributed by atoms with Gasteiger partial charge in [-0.3, -0.25) is 19.2 Å². The van der Waals surface area contributed by atoms with Crippen LogP contribution < -0.4 is 0 Å². The van der Waals surface area contributed by atoms with Crippen LogP contribution >= 0.6 is 45.3 Å². The molecule has 0 bridgehead atoms. The molecule has 0 saturated heterocycles. The van der Waals surface area contributed by atoms with E-state index in [1.807, 2.05) is 72.8 Å². The second-order valence-corrected chi connectivity index (χ2v) is 18.1. The van der Waals surface area contributed by atoms with Gasteiger partial charge in [0.1, 0.15) is 0 Å². The van der Waals surface area contributed by atoms with Crippen LogP contribution in [0.4, 0.5) is 0 Å². The smallest absolute Gasteiger partial charge is 0.197 e. The van der Waals surface area contributed by atoms with Crippen molar-refractivity contribution in [3.63, 3.8) is 0 Å². The van der Waals surface area contributed by atoms with E-state index in [0.717, 1.165) is 36.0 Å². The first-order valence-corrected chi connectivity index (χ1v) is 19.7. The molecular formula is C43H22O4S4. The van der Waals surface area contributed by atoms with Gasteiger partial charge in [0.15, 0.2) is 23.1 Å². The van der Waals surface area contributed by atoms with Gasteiger partial charge in [-0.2, -0.15) is 0 Å². The van der Waals surface area contributed by atoms with Crippen LogP contribution in [0.5, 0.6) is 0 Å². The van der Waals surface area contributed by atoms with Crippen LogP contribution in [0.25, 0.3) is 62.3 Å². The molecule has 0 N–H and O–H groups in total. The lowest BCUT2D eigenvalue weighted by Crippen LogP contribution is -2.13. The Morgan fingerprint density at radius 2 is 0.961 bits per heavy atom. The molecule has 3 aliphatic rings. The van der Waals surface area contributed by atoms with Crippen molar-refractivity contribution in [2.75, 3.05) is 0 Å². The third-order valence-electron chi connectivity index (χ3n) is 10.6. The van der Waals surface area contributed by atoms with Gasteiger partial charge in [0.2, 0.25) is 0 Å². The van der Waals surface area contributed by atoms with Crippen molar-refractivity contribution in [2.24, 2.45) is 0 Å². The lowest BCUT2D eigenvalue weighted by Gasteiger charge is -2.19. The summed E-state index contributed by atoms with van der Waals surface area (Å²) in [5.41, 5.74) is 4.64. The highest BCUT2D eigenvalue weighted by atomic mass is 32.1. The molecule has 0 amide bonds. The molecule has 0 fully saturated rings. The number of ketones is 4. The summed E-state index contributed by atoms with van der Waals surface area (Å²) in [6, 6.07) is 27.2. The second kappa shape index (κ2) is 10.0. The fraction of sp³-hybridized carbons (Fsp3) is 0.0698. The van der Waals surface area contributed by atoms with Gasteiger partial charge in [-0.25, -0.2) is 0 Å². The molecule has 0 spiro atoms. The fourth-order valence-corrected chi connectivity index (χ4v) is 14.0. The maximum absolute atomic E-state index is 13.5. The average Bonchev–Trinajstić information content (AvgIpc) is 3.97. The predicted octanol–water partition coefficient (Wildman–Crippen LogP) is 11.8. The summed E-state index contributed by atoms with van der Waals surface area (Å²) in [6.07, 6.45) is 3.56. The van der Waals surface area contributed by atoms with Crippen LogP contribution in [0.2, 0.25) is 0 Å². The lowest BCUT2D eigenvalue weighted by atomic mass is 9.84. The molecule has 0 unspecified atom stereocenters. The summed E-state index contributed by atoms with van der Waals surface area (Å²) in [5, 5.41) is 3.79. The summed E-state index contributed by atoms with van der Waals surface area (Å²) < 4.78 is 4.83. The van der Waals surface area contributed by atoms with E-state index in [1.54, 1.807) is 57.5 Å². The van der Waals surface area contributed by atoms with Crippen LogP contribution in [0, 0.1) is 0 Å². The largest absolute Gasteiger partial charge is 0.288 e. The molecule has 0 atom stereocenters. The first-order chi connectivity index (χ1) is 24.7. The Hall–Kier alpha value is -5.12. The number of benzene rings is 4. The summed E-state index contributed by atoms with van der Waals surface area (Å²) in [7, 11) is 0. The number of fused-ring (bicyclic) bond motifs is 11. The number of carbonyl (C=O) groups excluding carboxylic acids is 4. The van der Waals surface area contributed by atoms with Crippen LogP contribution in [-0.4, -0.2) is 23.1 Å². The third kappa shape index (κ3) is 3.93. The number of rotatable bonds is 2. The predicted molar refractivity (Wildman–Crippen MR) is 212 cm³/mol. The zero-order valence-electron chi connectivity index (χ0n) is 27.0. The van der Waals surface area contributed by atoms with E-state index in [9.17, 15) is 19.2 Å². The normalized spacial score (nSPS) is 15.9. The Kier molecular flexibility index (Phi) is 5.81. The minimum Gasteiger partial charge on any atom is -0.288 e. The molecule has 4 heterocycles. The molecule has 242 valence electrons. The molecule has 0 aliphatic heterocycles. The molecule has 8 heteroatoms. The van der Waals surface area contributed by atoms with E-state index >= 15 is 0 Å². The first-order valence-electron chi connectivity index (χ1n) is 16.5. The number of carbonyl (C=O) groups is 4. The molecule has 0 saturated carbocycles. The Balaban J connectivity index is 0.962. The molecule has 4 aromatic heterocycles. The number of thiophene rings is 4. The van der Waals surface area contributed by atoms with Gasteiger partial charge in [-0.15, -0.1) is 45.3 Å². The van der Waals surface area contributed by atoms with Crippen molar-refractivity contribution in [3.05, 3.63) is 139 Å². The van der Waals surface area contributed by atoms with E-state index in [4.69, 9.17) is 0 Å². The highest BCUT2D eigenvalue weighted by molar-refractivity contribution is 7.40. The van der Waals surface area contributed by atoms with Gasteiger partial charge >= 0.3 is 0 Å². The molecule has 4 aromatic carbocycles. The minimum atomic E-state index is -0.254. The van der Waals surface area contributed by atoms with Gasteiger partial charge in [0.05, 0.1) is 30.1 Å². The zero-order chi connectivity index (χ0) is 34.5. The summed E-state index contributed by atoms with van der Waals surface area (Å²) in [5.74, 6) is -0.854. The number of hydrogen-bond acceptors (Lipinski definition) is 8. The van der Waals surface area contributed by atoms with Gasteiger partial charge in [0.25, 0.3) is 0 Å². The zero-order valence-corrected chi connectivity index (χ0v) is 30.3. The lowest BCUT2D eigenvalue weighted by molar-refractivity contribution is 0.0975. The summed E-state index contributed by atoms with van der Waals surface area (Å²) in [6.45, 7) is 4.51. The van der Waals surface area contributed by atoms with Gasteiger partial charge in [-0.05, 0) is 81.2 Å².